The van der Waals surface area contributed by atoms with Crippen LogP contribution >= 0.6 is 11.3 Å². The molecule has 1 amide bonds. The molecule has 0 saturated carbocycles. The summed E-state index contributed by atoms with van der Waals surface area (Å²) in [5.74, 6) is -0.638. The third kappa shape index (κ3) is 2.90. The van der Waals surface area contributed by atoms with E-state index in [9.17, 15) is 14.0 Å². The van der Waals surface area contributed by atoms with Crippen LogP contribution in [0.2, 0.25) is 0 Å². The summed E-state index contributed by atoms with van der Waals surface area (Å²) in [4.78, 5) is 25.5. The number of ketones is 1. The van der Waals surface area contributed by atoms with Gasteiger partial charge in [0.05, 0.1) is 4.88 Å². The largest absolute Gasteiger partial charge is 0.321 e. The first kappa shape index (κ1) is 15.5. The van der Waals surface area contributed by atoms with Crippen LogP contribution in [0, 0.1) is 5.82 Å². The van der Waals surface area contributed by atoms with E-state index in [1.165, 1.54) is 23.5 Å². The van der Waals surface area contributed by atoms with Crippen LogP contribution in [-0.4, -0.2) is 11.7 Å². The number of carbonyl (C=O) groups is 2. The summed E-state index contributed by atoms with van der Waals surface area (Å²) in [6.07, 6.45) is 1.69. The molecule has 0 saturated heterocycles. The number of benzene rings is 2. The first-order valence-electron chi connectivity index (χ1n) is 7.63. The van der Waals surface area contributed by atoms with Gasteiger partial charge in [0, 0.05) is 22.4 Å². The van der Waals surface area contributed by atoms with Gasteiger partial charge in [0.15, 0.2) is 0 Å². The minimum absolute atomic E-state index is 0.0710. The molecule has 0 atom stereocenters. The van der Waals surface area contributed by atoms with E-state index in [1.807, 2.05) is 11.4 Å². The molecule has 1 aliphatic heterocycles. The molecule has 25 heavy (non-hydrogen) atoms. The van der Waals surface area contributed by atoms with Crippen LogP contribution in [0.1, 0.15) is 26.4 Å². The molecule has 2 aromatic carbocycles. The van der Waals surface area contributed by atoms with Crippen molar-refractivity contribution in [3.8, 4) is 0 Å². The number of carbonyl (C=O) groups excluding carboxylic acids is 2. The zero-order valence-corrected chi connectivity index (χ0v) is 13.8. The van der Waals surface area contributed by atoms with Crippen molar-refractivity contribution in [1.82, 2.24) is 0 Å². The number of fused-ring (bicyclic) bond motifs is 1. The Labute approximate surface area is 147 Å². The van der Waals surface area contributed by atoms with Gasteiger partial charge in [0.25, 0.3) is 5.91 Å². The lowest BCUT2D eigenvalue weighted by molar-refractivity contribution is -0.110. The average Bonchev–Trinajstić information content (AvgIpc) is 3.25. The number of thiophene rings is 1. The Morgan fingerprint density at radius 1 is 1.08 bits per heavy atom. The van der Waals surface area contributed by atoms with Crippen LogP contribution in [0.25, 0.3) is 11.6 Å². The summed E-state index contributed by atoms with van der Waals surface area (Å²) < 4.78 is 13.1. The number of amides is 1. The van der Waals surface area contributed by atoms with E-state index < -0.39 is 0 Å². The fourth-order valence-corrected chi connectivity index (χ4v) is 3.43. The van der Waals surface area contributed by atoms with E-state index in [2.05, 4.69) is 5.32 Å². The van der Waals surface area contributed by atoms with E-state index in [0.717, 1.165) is 5.56 Å². The predicted octanol–water partition coefficient (Wildman–Crippen LogP) is 4.61. The van der Waals surface area contributed by atoms with Gasteiger partial charge in [-0.25, -0.2) is 4.39 Å². The standard InChI is InChI=1S/C20H12FNO2S/c21-14-6-3-12(4-7-14)10-16-15-11-13(5-8-17(15)22-20(16)24)19(23)18-2-1-9-25-18/h1-11H,(H,22,24)/b16-10+. The molecule has 0 aliphatic carbocycles. The van der Waals surface area contributed by atoms with Gasteiger partial charge in [-0.1, -0.05) is 18.2 Å². The molecular weight excluding hydrogens is 337 g/mol. The molecule has 0 spiro atoms. The van der Waals surface area contributed by atoms with Gasteiger partial charge < -0.3 is 5.32 Å². The van der Waals surface area contributed by atoms with E-state index in [1.54, 1.807) is 42.5 Å². The fraction of sp³-hybridized carbons (Fsp3) is 0. The number of halogens is 1. The maximum atomic E-state index is 13.1. The quantitative estimate of drug-likeness (QED) is 0.554. The molecule has 1 N–H and O–H groups in total. The third-order valence-corrected chi connectivity index (χ3v) is 4.86. The number of hydrogen-bond acceptors (Lipinski definition) is 3. The number of hydrogen-bond donors (Lipinski definition) is 1. The molecule has 0 bridgehead atoms. The Kier molecular flexibility index (Phi) is 3.78. The number of anilines is 1. The average molecular weight is 349 g/mol. The van der Waals surface area contributed by atoms with Crippen LogP contribution < -0.4 is 5.32 Å². The Morgan fingerprint density at radius 2 is 1.88 bits per heavy atom. The predicted molar refractivity (Wildman–Crippen MR) is 97.1 cm³/mol. The van der Waals surface area contributed by atoms with E-state index in [4.69, 9.17) is 0 Å². The fourth-order valence-electron chi connectivity index (χ4n) is 2.75. The highest BCUT2D eigenvalue weighted by atomic mass is 32.1. The normalized spacial score (nSPS) is 14.4. The summed E-state index contributed by atoms with van der Waals surface area (Å²) in [5, 5.41) is 4.64. The minimum atomic E-state index is -0.331. The summed E-state index contributed by atoms with van der Waals surface area (Å²) >= 11 is 1.38. The zero-order valence-electron chi connectivity index (χ0n) is 13.0. The molecule has 2 heterocycles. The smallest absolute Gasteiger partial charge is 0.256 e. The molecule has 0 unspecified atom stereocenters. The van der Waals surface area contributed by atoms with E-state index in [0.29, 0.717) is 27.3 Å². The van der Waals surface area contributed by atoms with Crippen molar-refractivity contribution >= 4 is 40.4 Å². The maximum Gasteiger partial charge on any atom is 0.256 e. The van der Waals surface area contributed by atoms with Crippen molar-refractivity contribution in [2.45, 2.75) is 0 Å². The van der Waals surface area contributed by atoms with Gasteiger partial charge in [-0.15, -0.1) is 11.3 Å². The lowest BCUT2D eigenvalue weighted by atomic mass is 9.99. The number of rotatable bonds is 3. The Bertz CT molecular complexity index is 1000. The second kappa shape index (κ2) is 6.11. The zero-order chi connectivity index (χ0) is 17.4. The van der Waals surface area contributed by atoms with Crippen molar-refractivity contribution in [3.05, 3.63) is 87.4 Å². The summed E-state index contributed by atoms with van der Waals surface area (Å²) in [6, 6.07) is 14.7. The highest BCUT2D eigenvalue weighted by Crippen LogP contribution is 2.34. The Balaban J connectivity index is 1.76. The number of nitrogens with one attached hydrogen (secondary N) is 1. The minimum Gasteiger partial charge on any atom is -0.321 e. The van der Waals surface area contributed by atoms with Gasteiger partial charge in [0.1, 0.15) is 5.82 Å². The van der Waals surface area contributed by atoms with Gasteiger partial charge in [-0.2, -0.15) is 0 Å². The second-order valence-electron chi connectivity index (χ2n) is 5.63. The van der Waals surface area contributed by atoms with Gasteiger partial charge in [0.2, 0.25) is 5.78 Å². The van der Waals surface area contributed by atoms with E-state index in [-0.39, 0.29) is 17.5 Å². The van der Waals surface area contributed by atoms with Crippen molar-refractivity contribution in [1.29, 1.82) is 0 Å². The summed E-state index contributed by atoms with van der Waals surface area (Å²) in [5.41, 5.74) is 3.05. The first-order valence-corrected chi connectivity index (χ1v) is 8.51. The van der Waals surface area contributed by atoms with Crippen molar-refractivity contribution in [3.63, 3.8) is 0 Å². The Morgan fingerprint density at radius 3 is 2.60 bits per heavy atom. The van der Waals surface area contributed by atoms with Gasteiger partial charge in [-0.05, 0) is 53.4 Å². The lowest BCUT2D eigenvalue weighted by Crippen LogP contribution is -2.03. The molecule has 3 aromatic rings. The van der Waals surface area contributed by atoms with E-state index >= 15 is 0 Å². The van der Waals surface area contributed by atoms with Crippen molar-refractivity contribution in [2.24, 2.45) is 0 Å². The van der Waals surface area contributed by atoms with Gasteiger partial charge in [-0.3, -0.25) is 9.59 Å². The SMILES string of the molecule is O=C1Nc2ccc(C(=O)c3cccs3)cc2/C1=C\c1ccc(F)cc1. The highest BCUT2D eigenvalue weighted by molar-refractivity contribution is 7.12. The van der Waals surface area contributed by atoms with Crippen LogP contribution in [0.15, 0.2) is 60.0 Å². The van der Waals surface area contributed by atoms with Crippen LogP contribution in [0.3, 0.4) is 0 Å². The molecular formula is C20H12FNO2S. The molecule has 0 radical (unpaired) electrons. The molecule has 0 fully saturated rings. The Hall–Kier alpha value is -3.05. The summed E-state index contributed by atoms with van der Waals surface area (Å²) in [6.45, 7) is 0. The maximum absolute atomic E-state index is 13.1. The van der Waals surface area contributed by atoms with Crippen LogP contribution in [-0.2, 0) is 4.79 Å². The molecule has 122 valence electrons. The summed E-state index contributed by atoms with van der Waals surface area (Å²) in [7, 11) is 0. The molecule has 4 rings (SSSR count). The molecule has 1 aliphatic rings. The van der Waals surface area contributed by atoms with Crippen molar-refractivity contribution in [2.75, 3.05) is 5.32 Å². The first-order chi connectivity index (χ1) is 12.1. The highest BCUT2D eigenvalue weighted by Gasteiger charge is 2.25. The third-order valence-electron chi connectivity index (χ3n) is 3.99. The molecule has 5 heteroatoms. The monoisotopic (exact) mass is 349 g/mol. The van der Waals surface area contributed by atoms with Crippen molar-refractivity contribution < 1.29 is 14.0 Å². The molecule has 3 nitrogen and oxygen atoms in total. The lowest BCUT2D eigenvalue weighted by Gasteiger charge is -2.03. The topological polar surface area (TPSA) is 46.2 Å². The van der Waals surface area contributed by atoms with Gasteiger partial charge >= 0.3 is 0 Å². The van der Waals surface area contributed by atoms with Crippen LogP contribution in [0.5, 0.6) is 0 Å². The van der Waals surface area contributed by atoms with Crippen LogP contribution in [0.4, 0.5) is 10.1 Å². The molecule has 1 aromatic heterocycles. The second-order valence-corrected chi connectivity index (χ2v) is 6.58.